The number of nitrogens with two attached hydrogens (primary N) is 1. The molecule has 0 unspecified atom stereocenters. The van der Waals surface area contributed by atoms with Gasteiger partial charge >= 0.3 is 0 Å². The zero-order valence-electron chi connectivity index (χ0n) is 14.0. The maximum Gasteiger partial charge on any atom is 0.251 e. The first kappa shape index (κ1) is 18.3. The summed E-state index contributed by atoms with van der Waals surface area (Å²) in [5.41, 5.74) is 9.48. The number of hydrogen-bond acceptors (Lipinski definition) is 2. The molecule has 2 aromatic carbocycles. The van der Waals surface area contributed by atoms with E-state index < -0.39 is 0 Å². The quantitative estimate of drug-likeness (QED) is 0.815. The molecule has 0 bridgehead atoms. The summed E-state index contributed by atoms with van der Waals surface area (Å²) < 4.78 is 0. The Balaban J connectivity index is 0.00000208. The minimum Gasteiger partial charge on any atom is -0.399 e. The molecule has 0 radical (unpaired) electrons. The molecule has 1 amide bonds. The van der Waals surface area contributed by atoms with Crippen molar-refractivity contribution in [3.05, 3.63) is 65.2 Å². The highest BCUT2D eigenvalue weighted by Crippen LogP contribution is 2.40. The predicted molar refractivity (Wildman–Crippen MR) is 102 cm³/mol. The lowest BCUT2D eigenvalue weighted by atomic mass is 9.79. The van der Waals surface area contributed by atoms with Gasteiger partial charge in [-0.1, -0.05) is 49.2 Å². The highest BCUT2D eigenvalue weighted by atomic mass is 35.5. The van der Waals surface area contributed by atoms with E-state index in [1.807, 2.05) is 25.1 Å². The lowest BCUT2D eigenvalue weighted by Gasteiger charge is -2.30. The number of benzene rings is 2. The topological polar surface area (TPSA) is 55.1 Å². The Morgan fingerprint density at radius 1 is 1.12 bits per heavy atom. The zero-order chi connectivity index (χ0) is 16.3. The third kappa shape index (κ3) is 3.73. The van der Waals surface area contributed by atoms with Crippen molar-refractivity contribution in [1.82, 2.24) is 5.32 Å². The number of hydrogen-bond donors (Lipinski definition) is 2. The standard InChI is InChI=1S/C20H24N2O.ClH/c1-15-9-10-17(21)13-18(15)19(23)22-14-20(11-5-6-12-20)16-7-3-2-4-8-16;/h2-4,7-10,13H,5-6,11-12,14,21H2,1H3,(H,22,23);1H. The number of nitrogen functional groups attached to an aromatic ring is 1. The fraction of sp³-hybridized carbons (Fsp3) is 0.350. The number of nitrogens with one attached hydrogen (secondary N) is 1. The molecule has 1 aliphatic carbocycles. The molecule has 0 aromatic heterocycles. The van der Waals surface area contributed by atoms with Crippen LogP contribution in [0, 0.1) is 6.92 Å². The zero-order valence-corrected chi connectivity index (χ0v) is 14.9. The van der Waals surface area contributed by atoms with Crippen LogP contribution in [0.25, 0.3) is 0 Å². The summed E-state index contributed by atoms with van der Waals surface area (Å²) in [7, 11) is 0. The van der Waals surface area contributed by atoms with Crippen molar-refractivity contribution >= 4 is 24.0 Å². The molecule has 0 aliphatic heterocycles. The van der Waals surface area contributed by atoms with E-state index in [4.69, 9.17) is 5.73 Å². The van der Waals surface area contributed by atoms with Gasteiger partial charge in [0, 0.05) is 23.2 Å². The smallest absolute Gasteiger partial charge is 0.251 e. The first-order valence-electron chi connectivity index (χ1n) is 8.31. The molecule has 3 N–H and O–H groups in total. The maximum absolute atomic E-state index is 12.6. The molecular weight excluding hydrogens is 320 g/mol. The second kappa shape index (κ2) is 7.71. The van der Waals surface area contributed by atoms with Crippen LogP contribution < -0.4 is 11.1 Å². The van der Waals surface area contributed by atoms with Crippen LogP contribution >= 0.6 is 12.4 Å². The third-order valence-electron chi connectivity index (χ3n) is 5.04. The van der Waals surface area contributed by atoms with Crippen LogP contribution in [0.3, 0.4) is 0 Å². The van der Waals surface area contributed by atoms with Crippen LogP contribution in [0.1, 0.15) is 47.2 Å². The predicted octanol–water partition coefficient (Wildman–Crippen LogP) is 4.24. The van der Waals surface area contributed by atoms with Gasteiger partial charge in [-0.05, 0) is 43.0 Å². The minimum atomic E-state index is -0.0305. The Morgan fingerprint density at radius 2 is 1.79 bits per heavy atom. The van der Waals surface area contributed by atoms with Gasteiger partial charge in [-0.2, -0.15) is 0 Å². The molecule has 1 saturated carbocycles. The van der Waals surface area contributed by atoms with Crippen molar-refractivity contribution in [2.75, 3.05) is 12.3 Å². The van der Waals surface area contributed by atoms with E-state index in [1.165, 1.54) is 18.4 Å². The number of halogens is 1. The van der Waals surface area contributed by atoms with Crippen LogP contribution in [0.5, 0.6) is 0 Å². The molecule has 0 spiro atoms. The lowest BCUT2D eigenvalue weighted by molar-refractivity contribution is 0.0942. The van der Waals surface area contributed by atoms with E-state index in [9.17, 15) is 4.79 Å². The SMILES string of the molecule is Cc1ccc(N)cc1C(=O)NCC1(c2ccccc2)CCCC1.Cl. The third-order valence-corrected chi connectivity index (χ3v) is 5.04. The van der Waals surface area contributed by atoms with Gasteiger partial charge in [-0.15, -0.1) is 12.4 Å². The average molecular weight is 345 g/mol. The van der Waals surface area contributed by atoms with E-state index in [-0.39, 0.29) is 23.7 Å². The van der Waals surface area contributed by atoms with Gasteiger partial charge < -0.3 is 11.1 Å². The van der Waals surface area contributed by atoms with Crippen LogP contribution in [-0.4, -0.2) is 12.5 Å². The second-order valence-corrected chi connectivity index (χ2v) is 6.61. The highest BCUT2D eigenvalue weighted by molar-refractivity contribution is 5.96. The molecule has 3 rings (SSSR count). The number of carbonyl (C=O) groups excluding carboxylic acids is 1. The molecule has 4 heteroatoms. The van der Waals surface area contributed by atoms with E-state index in [0.29, 0.717) is 17.8 Å². The molecule has 1 fully saturated rings. The largest absolute Gasteiger partial charge is 0.399 e. The van der Waals surface area contributed by atoms with Crippen LogP contribution in [-0.2, 0) is 5.41 Å². The summed E-state index contributed by atoms with van der Waals surface area (Å²) in [5.74, 6) is -0.0305. The van der Waals surface area contributed by atoms with Crippen molar-refractivity contribution in [2.24, 2.45) is 0 Å². The summed E-state index contributed by atoms with van der Waals surface area (Å²) in [4.78, 5) is 12.6. The summed E-state index contributed by atoms with van der Waals surface area (Å²) >= 11 is 0. The van der Waals surface area contributed by atoms with Gasteiger partial charge in [-0.25, -0.2) is 0 Å². The Labute approximate surface area is 150 Å². The lowest BCUT2D eigenvalue weighted by Crippen LogP contribution is -2.39. The Bertz CT molecular complexity index is 694. The first-order valence-corrected chi connectivity index (χ1v) is 8.31. The molecule has 24 heavy (non-hydrogen) atoms. The first-order chi connectivity index (χ1) is 11.1. The van der Waals surface area contributed by atoms with Crippen molar-refractivity contribution in [3.8, 4) is 0 Å². The normalized spacial score (nSPS) is 15.5. The molecule has 2 aromatic rings. The van der Waals surface area contributed by atoms with Crippen molar-refractivity contribution in [3.63, 3.8) is 0 Å². The van der Waals surface area contributed by atoms with Crippen molar-refractivity contribution in [2.45, 2.75) is 38.0 Å². The molecule has 128 valence electrons. The van der Waals surface area contributed by atoms with Gasteiger partial charge in [0.15, 0.2) is 0 Å². The Kier molecular flexibility index (Phi) is 5.89. The monoisotopic (exact) mass is 344 g/mol. The van der Waals surface area contributed by atoms with Gasteiger partial charge in [0.2, 0.25) is 0 Å². The average Bonchev–Trinajstić information content (AvgIpc) is 3.06. The molecule has 0 heterocycles. The maximum atomic E-state index is 12.6. The van der Waals surface area contributed by atoms with Gasteiger partial charge in [0.05, 0.1) is 0 Å². The fourth-order valence-electron chi connectivity index (χ4n) is 3.64. The van der Waals surface area contributed by atoms with Gasteiger partial charge in [-0.3, -0.25) is 4.79 Å². The van der Waals surface area contributed by atoms with Crippen LogP contribution in [0.15, 0.2) is 48.5 Å². The Hall–Kier alpha value is -2.00. The molecule has 1 aliphatic rings. The van der Waals surface area contributed by atoms with Crippen LogP contribution in [0.4, 0.5) is 5.69 Å². The number of amides is 1. The molecule has 0 saturated heterocycles. The summed E-state index contributed by atoms with van der Waals surface area (Å²) in [6.45, 7) is 2.63. The van der Waals surface area contributed by atoms with Gasteiger partial charge in [0.25, 0.3) is 5.91 Å². The summed E-state index contributed by atoms with van der Waals surface area (Å²) in [6, 6.07) is 16.1. The van der Waals surface area contributed by atoms with E-state index in [2.05, 4.69) is 29.6 Å². The van der Waals surface area contributed by atoms with Crippen LogP contribution in [0.2, 0.25) is 0 Å². The molecule has 3 nitrogen and oxygen atoms in total. The number of rotatable bonds is 4. The van der Waals surface area contributed by atoms with Gasteiger partial charge in [0.1, 0.15) is 0 Å². The van der Waals surface area contributed by atoms with E-state index in [0.717, 1.165) is 18.4 Å². The molecule has 0 atom stereocenters. The Morgan fingerprint density at radius 3 is 2.46 bits per heavy atom. The number of anilines is 1. The second-order valence-electron chi connectivity index (χ2n) is 6.61. The summed E-state index contributed by atoms with van der Waals surface area (Å²) in [5, 5.41) is 3.15. The summed E-state index contributed by atoms with van der Waals surface area (Å²) in [6.07, 6.45) is 4.71. The van der Waals surface area contributed by atoms with E-state index in [1.54, 1.807) is 6.07 Å². The van der Waals surface area contributed by atoms with Crippen molar-refractivity contribution in [1.29, 1.82) is 0 Å². The molecular formula is C20H25ClN2O. The highest BCUT2D eigenvalue weighted by Gasteiger charge is 2.35. The van der Waals surface area contributed by atoms with Crippen molar-refractivity contribution < 1.29 is 4.79 Å². The van der Waals surface area contributed by atoms with E-state index >= 15 is 0 Å². The number of aryl methyl sites for hydroxylation is 1. The number of carbonyl (C=O) groups is 1. The fourth-order valence-corrected chi connectivity index (χ4v) is 3.64. The minimum absolute atomic E-state index is 0.